The van der Waals surface area contributed by atoms with Gasteiger partial charge in [-0.25, -0.2) is 0 Å². The SMILES string of the molecule is CC1=C(/C=C(/C)N)CCC=C1. The Hall–Kier alpha value is -0.980. The standard InChI is InChI=1S/C10H15N/c1-8-5-3-4-6-10(8)7-9(2)11/h3,5,7H,4,6,11H2,1-2H3/b9-7-. The second-order valence-electron chi connectivity index (χ2n) is 3.04. The Morgan fingerprint density at radius 3 is 2.91 bits per heavy atom. The Kier molecular flexibility index (Phi) is 2.53. The average molecular weight is 149 g/mol. The first-order chi connectivity index (χ1) is 5.20. The molecule has 60 valence electrons. The molecule has 0 bridgehead atoms. The summed E-state index contributed by atoms with van der Waals surface area (Å²) in [6, 6.07) is 0. The first-order valence-corrected chi connectivity index (χ1v) is 4.00. The van der Waals surface area contributed by atoms with Gasteiger partial charge in [0.2, 0.25) is 0 Å². The van der Waals surface area contributed by atoms with E-state index in [9.17, 15) is 0 Å². The minimum Gasteiger partial charge on any atom is -0.402 e. The summed E-state index contributed by atoms with van der Waals surface area (Å²) < 4.78 is 0. The van der Waals surface area contributed by atoms with Gasteiger partial charge in [0.25, 0.3) is 0 Å². The minimum atomic E-state index is 0.898. The van der Waals surface area contributed by atoms with Gasteiger partial charge in [-0.05, 0) is 43.9 Å². The zero-order chi connectivity index (χ0) is 8.27. The summed E-state index contributed by atoms with van der Waals surface area (Å²) in [7, 11) is 0. The van der Waals surface area contributed by atoms with Crippen LogP contribution < -0.4 is 5.73 Å². The smallest absolute Gasteiger partial charge is 0.00517 e. The van der Waals surface area contributed by atoms with E-state index in [-0.39, 0.29) is 0 Å². The molecular weight excluding hydrogens is 134 g/mol. The number of allylic oxidation sites excluding steroid dienone is 6. The zero-order valence-corrected chi connectivity index (χ0v) is 7.22. The van der Waals surface area contributed by atoms with Crippen LogP contribution in [0.1, 0.15) is 26.7 Å². The van der Waals surface area contributed by atoms with Crippen molar-refractivity contribution in [2.45, 2.75) is 26.7 Å². The van der Waals surface area contributed by atoms with E-state index < -0.39 is 0 Å². The van der Waals surface area contributed by atoms with E-state index in [2.05, 4.69) is 25.2 Å². The van der Waals surface area contributed by atoms with Crippen molar-refractivity contribution in [2.24, 2.45) is 5.73 Å². The summed E-state index contributed by atoms with van der Waals surface area (Å²) in [6.45, 7) is 4.06. The largest absolute Gasteiger partial charge is 0.402 e. The van der Waals surface area contributed by atoms with Crippen LogP contribution in [0.4, 0.5) is 0 Å². The number of hydrogen-bond acceptors (Lipinski definition) is 1. The monoisotopic (exact) mass is 149 g/mol. The Morgan fingerprint density at radius 1 is 1.64 bits per heavy atom. The lowest BCUT2D eigenvalue weighted by Gasteiger charge is -2.09. The molecular formula is C10H15N. The molecule has 0 unspecified atom stereocenters. The van der Waals surface area contributed by atoms with E-state index in [1.807, 2.05) is 6.92 Å². The Morgan fingerprint density at radius 2 is 2.36 bits per heavy atom. The van der Waals surface area contributed by atoms with Crippen LogP contribution in [0.15, 0.2) is 35.1 Å². The van der Waals surface area contributed by atoms with Crippen molar-refractivity contribution in [3.63, 3.8) is 0 Å². The summed E-state index contributed by atoms with van der Waals surface area (Å²) in [5, 5.41) is 0. The maximum absolute atomic E-state index is 5.59. The third-order valence-corrected chi connectivity index (χ3v) is 1.86. The first kappa shape index (κ1) is 8.12. The zero-order valence-electron chi connectivity index (χ0n) is 7.22. The summed E-state index contributed by atoms with van der Waals surface area (Å²) in [6.07, 6.45) is 8.73. The van der Waals surface area contributed by atoms with Gasteiger partial charge in [0.05, 0.1) is 0 Å². The van der Waals surface area contributed by atoms with Gasteiger partial charge < -0.3 is 5.73 Å². The van der Waals surface area contributed by atoms with Crippen LogP contribution in [0, 0.1) is 0 Å². The molecule has 2 N–H and O–H groups in total. The van der Waals surface area contributed by atoms with Crippen LogP contribution in [0.3, 0.4) is 0 Å². The van der Waals surface area contributed by atoms with E-state index in [1.165, 1.54) is 11.1 Å². The molecule has 11 heavy (non-hydrogen) atoms. The highest BCUT2D eigenvalue weighted by Crippen LogP contribution is 2.19. The minimum absolute atomic E-state index is 0.898. The van der Waals surface area contributed by atoms with Gasteiger partial charge in [-0.3, -0.25) is 0 Å². The Labute approximate surface area is 68.3 Å². The summed E-state index contributed by atoms with van der Waals surface area (Å²) >= 11 is 0. The van der Waals surface area contributed by atoms with Crippen molar-refractivity contribution in [3.8, 4) is 0 Å². The van der Waals surface area contributed by atoms with E-state index >= 15 is 0 Å². The highest BCUT2D eigenvalue weighted by atomic mass is 14.5. The fraction of sp³-hybridized carbons (Fsp3) is 0.400. The molecule has 0 fully saturated rings. The molecule has 0 aromatic rings. The molecule has 1 nitrogen and oxygen atoms in total. The van der Waals surface area contributed by atoms with Gasteiger partial charge in [-0.1, -0.05) is 12.2 Å². The van der Waals surface area contributed by atoms with E-state index in [1.54, 1.807) is 0 Å². The summed E-state index contributed by atoms with van der Waals surface area (Å²) in [5.74, 6) is 0. The van der Waals surface area contributed by atoms with Crippen LogP contribution >= 0.6 is 0 Å². The van der Waals surface area contributed by atoms with Crippen molar-refractivity contribution in [1.29, 1.82) is 0 Å². The number of nitrogens with two attached hydrogens (primary N) is 1. The van der Waals surface area contributed by atoms with Crippen molar-refractivity contribution in [2.75, 3.05) is 0 Å². The lowest BCUT2D eigenvalue weighted by molar-refractivity contribution is 0.963. The van der Waals surface area contributed by atoms with Crippen molar-refractivity contribution >= 4 is 0 Å². The normalized spacial score (nSPS) is 19.3. The van der Waals surface area contributed by atoms with Gasteiger partial charge in [0, 0.05) is 5.70 Å². The fourth-order valence-electron chi connectivity index (χ4n) is 1.26. The van der Waals surface area contributed by atoms with Crippen LogP contribution in [0.5, 0.6) is 0 Å². The summed E-state index contributed by atoms with van der Waals surface area (Å²) in [4.78, 5) is 0. The molecule has 0 amide bonds. The molecule has 1 aliphatic carbocycles. The Bertz CT molecular complexity index is 227. The van der Waals surface area contributed by atoms with E-state index in [4.69, 9.17) is 5.73 Å². The number of rotatable bonds is 1. The second kappa shape index (κ2) is 3.42. The predicted octanol–water partition coefficient (Wildman–Crippen LogP) is 2.52. The molecule has 0 saturated heterocycles. The average Bonchev–Trinajstić information content (AvgIpc) is 1.93. The van der Waals surface area contributed by atoms with Gasteiger partial charge in [0.1, 0.15) is 0 Å². The topological polar surface area (TPSA) is 26.0 Å². The fourth-order valence-corrected chi connectivity index (χ4v) is 1.26. The third kappa shape index (κ3) is 2.26. The molecule has 0 heterocycles. The van der Waals surface area contributed by atoms with Crippen LogP contribution in [-0.2, 0) is 0 Å². The number of hydrogen-bond donors (Lipinski definition) is 1. The molecule has 0 aromatic carbocycles. The molecule has 0 aromatic heterocycles. The van der Waals surface area contributed by atoms with Crippen molar-refractivity contribution in [3.05, 3.63) is 35.1 Å². The predicted molar refractivity (Wildman–Crippen MR) is 49.0 cm³/mol. The quantitative estimate of drug-likeness (QED) is 0.609. The molecule has 0 aliphatic heterocycles. The van der Waals surface area contributed by atoms with Gasteiger partial charge in [-0.15, -0.1) is 0 Å². The third-order valence-electron chi connectivity index (χ3n) is 1.86. The van der Waals surface area contributed by atoms with E-state index in [0.717, 1.165) is 18.5 Å². The van der Waals surface area contributed by atoms with Crippen LogP contribution in [0.2, 0.25) is 0 Å². The van der Waals surface area contributed by atoms with Crippen LogP contribution in [-0.4, -0.2) is 0 Å². The molecule has 1 rings (SSSR count). The molecule has 0 atom stereocenters. The van der Waals surface area contributed by atoms with Gasteiger partial charge in [-0.2, -0.15) is 0 Å². The molecule has 1 aliphatic rings. The lowest BCUT2D eigenvalue weighted by atomic mass is 9.98. The lowest BCUT2D eigenvalue weighted by Crippen LogP contribution is -1.95. The van der Waals surface area contributed by atoms with Crippen molar-refractivity contribution < 1.29 is 0 Å². The first-order valence-electron chi connectivity index (χ1n) is 4.00. The molecule has 0 saturated carbocycles. The highest BCUT2D eigenvalue weighted by Gasteiger charge is 2.00. The molecule has 0 radical (unpaired) electrons. The maximum Gasteiger partial charge on any atom is 0.00517 e. The summed E-state index contributed by atoms with van der Waals surface area (Å²) in [5.41, 5.74) is 9.22. The Balaban J connectivity index is 2.84. The maximum atomic E-state index is 5.59. The second-order valence-corrected chi connectivity index (χ2v) is 3.04. The van der Waals surface area contributed by atoms with Gasteiger partial charge in [0.15, 0.2) is 0 Å². The molecule has 1 heteroatoms. The highest BCUT2D eigenvalue weighted by molar-refractivity contribution is 5.35. The van der Waals surface area contributed by atoms with Crippen LogP contribution in [0.25, 0.3) is 0 Å². The van der Waals surface area contributed by atoms with Crippen molar-refractivity contribution in [1.82, 2.24) is 0 Å². The van der Waals surface area contributed by atoms with E-state index in [0.29, 0.717) is 0 Å². The van der Waals surface area contributed by atoms with Gasteiger partial charge >= 0.3 is 0 Å². The molecule has 0 spiro atoms.